The standard InChI is InChI=1S/C20H24N2O3/c1-24-18-8-7-15(13-19(18)25-2)9-11-21-20(23)22-12-10-16-5-3-4-6-17(16)14-22/h3-8,13H,9-12,14H2,1-2H3,(H,21,23). The van der Waals surface area contributed by atoms with E-state index in [0.717, 1.165) is 24.9 Å². The fourth-order valence-electron chi connectivity index (χ4n) is 3.13. The number of fused-ring (bicyclic) bond motifs is 1. The molecule has 2 aromatic carbocycles. The van der Waals surface area contributed by atoms with Crippen molar-refractivity contribution in [1.82, 2.24) is 10.2 Å². The third-order valence-electron chi connectivity index (χ3n) is 4.56. The number of nitrogens with one attached hydrogen (secondary N) is 1. The predicted octanol–water partition coefficient (Wildman–Crippen LogP) is 3.01. The highest BCUT2D eigenvalue weighted by Crippen LogP contribution is 2.27. The summed E-state index contributed by atoms with van der Waals surface area (Å²) in [6.07, 6.45) is 1.66. The first-order chi connectivity index (χ1) is 12.2. The highest BCUT2D eigenvalue weighted by atomic mass is 16.5. The normalized spacial score (nSPS) is 13.1. The Morgan fingerprint density at radius 1 is 1.08 bits per heavy atom. The van der Waals surface area contributed by atoms with Crippen molar-refractivity contribution in [2.24, 2.45) is 0 Å². The molecule has 5 nitrogen and oxygen atoms in total. The van der Waals surface area contributed by atoms with E-state index >= 15 is 0 Å². The van der Waals surface area contributed by atoms with Crippen LogP contribution < -0.4 is 14.8 Å². The van der Waals surface area contributed by atoms with Crippen molar-refractivity contribution >= 4 is 6.03 Å². The largest absolute Gasteiger partial charge is 0.493 e. The molecule has 25 heavy (non-hydrogen) atoms. The van der Waals surface area contributed by atoms with E-state index in [0.29, 0.717) is 24.6 Å². The molecule has 1 aliphatic rings. The van der Waals surface area contributed by atoms with Gasteiger partial charge in [-0.05, 0) is 41.7 Å². The van der Waals surface area contributed by atoms with Crippen LogP contribution in [0.3, 0.4) is 0 Å². The van der Waals surface area contributed by atoms with Gasteiger partial charge < -0.3 is 19.7 Å². The first-order valence-electron chi connectivity index (χ1n) is 8.51. The SMILES string of the molecule is COc1ccc(CCNC(=O)N2CCc3ccccc3C2)cc1OC. The lowest BCUT2D eigenvalue weighted by Gasteiger charge is -2.29. The van der Waals surface area contributed by atoms with Crippen LogP contribution in [-0.4, -0.2) is 38.2 Å². The second-order valence-corrected chi connectivity index (χ2v) is 6.11. The van der Waals surface area contributed by atoms with Gasteiger partial charge in [0.2, 0.25) is 0 Å². The molecule has 1 aliphatic heterocycles. The molecule has 0 fully saturated rings. The second-order valence-electron chi connectivity index (χ2n) is 6.11. The number of hydrogen-bond acceptors (Lipinski definition) is 3. The van der Waals surface area contributed by atoms with Gasteiger partial charge in [-0.3, -0.25) is 0 Å². The molecule has 0 saturated carbocycles. The number of carbonyl (C=O) groups is 1. The number of urea groups is 1. The summed E-state index contributed by atoms with van der Waals surface area (Å²) in [4.78, 5) is 14.3. The molecule has 0 saturated heterocycles. The molecule has 0 aliphatic carbocycles. The van der Waals surface area contributed by atoms with Gasteiger partial charge in [0.1, 0.15) is 0 Å². The van der Waals surface area contributed by atoms with E-state index in [1.54, 1.807) is 14.2 Å². The van der Waals surface area contributed by atoms with Crippen LogP contribution in [0.25, 0.3) is 0 Å². The number of methoxy groups -OCH3 is 2. The van der Waals surface area contributed by atoms with Gasteiger partial charge in [0, 0.05) is 19.6 Å². The molecule has 2 amide bonds. The van der Waals surface area contributed by atoms with Crippen molar-refractivity contribution in [3.8, 4) is 11.5 Å². The lowest BCUT2D eigenvalue weighted by atomic mass is 10.0. The summed E-state index contributed by atoms with van der Waals surface area (Å²) < 4.78 is 10.6. The van der Waals surface area contributed by atoms with Crippen molar-refractivity contribution in [2.75, 3.05) is 27.3 Å². The number of benzene rings is 2. The van der Waals surface area contributed by atoms with Crippen LogP contribution in [0.15, 0.2) is 42.5 Å². The van der Waals surface area contributed by atoms with Crippen molar-refractivity contribution in [1.29, 1.82) is 0 Å². The Hall–Kier alpha value is -2.69. The Morgan fingerprint density at radius 2 is 1.84 bits per heavy atom. The maximum atomic E-state index is 12.4. The van der Waals surface area contributed by atoms with E-state index in [-0.39, 0.29) is 6.03 Å². The van der Waals surface area contributed by atoms with Crippen LogP contribution in [0, 0.1) is 0 Å². The zero-order valence-corrected chi connectivity index (χ0v) is 14.7. The van der Waals surface area contributed by atoms with Gasteiger partial charge in [-0.25, -0.2) is 4.79 Å². The van der Waals surface area contributed by atoms with Gasteiger partial charge >= 0.3 is 6.03 Å². The average molecular weight is 340 g/mol. The van der Waals surface area contributed by atoms with Gasteiger partial charge in [-0.2, -0.15) is 0 Å². The molecular weight excluding hydrogens is 316 g/mol. The second kappa shape index (κ2) is 7.92. The summed E-state index contributed by atoms with van der Waals surface area (Å²) in [5.41, 5.74) is 3.68. The maximum absolute atomic E-state index is 12.4. The van der Waals surface area contributed by atoms with E-state index in [4.69, 9.17) is 9.47 Å². The Balaban J connectivity index is 1.52. The summed E-state index contributed by atoms with van der Waals surface area (Å²) in [5, 5.41) is 3.01. The molecule has 3 rings (SSSR count). The molecule has 0 atom stereocenters. The summed E-state index contributed by atoms with van der Waals surface area (Å²) in [6.45, 7) is 2.03. The molecule has 0 bridgehead atoms. The molecule has 0 spiro atoms. The fraction of sp³-hybridized carbons (Fsp3) is 0.350. The van der Waals surface area contributed by atoms with Crippen LogP contribution in [0.2, 0.25) is 0 Å². The quantitative estimate of drug-likeness (QED) is 0.910. The van der Waals surface area contributed by atoms with Crippen LogP contribution in [0.4, 0.5) is 4.79 Å². The van der Waals surface area contributed by atoms with E-state index in [2.05, 4.69) is 23.5 Å². The predicted molar refractivity (Wildman–Crippen MR) is 97.2 cm³/mol. The highest BCUT2D eigenvalue weighted by molar-refractivity contribution is 5.74. The smallest absolute Gasteiger partial charge is 0.317 e. The molecule has 1 heterocycles. The maximum Gasteiger partial charge on any atom is 0.317 e. The van der Waals surface area contributed by atoms with E-state index in [9.17, 15) is 4.79 Å². The topological polar surface area (TPSA) is 50.8 Å². The van der Waals surface area contributed by atoms with E-state index in [1.807, 2.05) is 29.2 Å². The van der Waals surface area contributed by atoms with Crippen molar-refractivity contribution in [2.45, 2.75) is 19.4 Å². The number of hydrogen-bond donors (Lipinski definition) is 1. The average Bonchev–Trinajstić information content (AvgIpc) is 2.67. The molecule has 1 N–H and O–H groups in total. The van der Waals surface area contributed by atoms with E-state index < -0.39 is 0 Å². The lowest BCUT2D eigenvalue weighted by Crippen LogP contribution is -2.43. The number of nitrogens with zero attached hydrogens (tertiary/aromatic N) is 1. The van der Waals surface area contributed by atoms with Gasteiger partial charge in [0.15, 0.2) is 11.5 Å². The minimum Gasteiger partial charge on any atom is -0.493 e. The van der Waals surface area contributed by atoms with Gasteiger partial charge in [-0.15, -0.1) is 0 Å². The zero-order valence-electron chi connectivity index (χ0n) is 14.7. The molecule has 132 valence electrons. The third kappa shape index (κ3) is 4.05. The Kier molecular flexibility index (Phi) is 5.43. The van der Waals surface area contributed by atoms with Crippen LogP contribution in [0.5, 0.6) is 11.5 Å². The van der Waals surface area contributed by atoms with Crippen molar-refractivity contribution in [3.05, 3.63) is 59.2 Å². The van der Waals surface area contributed by atoms with Crippen molar-refractivity contribution < 1.29 is 14.3 Å². The number of amides is 2. The van der Waals surface area contributed by atoms with Gasteiger partial charge in [-0.1, -0.05) is 30.3 Å². The highest BCUT2D eigenvalue weighted by Gasteiger charge is 2.19. The first kappa shape index (κ1) is 17.1. The first-order valence-corrected chi connectivity index (χ1v) is 8.51. The summed E-state index contributed by atoms with van der Waals surface area (Å²) >= 11 is 0. The van der Waals surface area contributed by atoms with Crippen LogP contribution >= 0.6 is 0 Å². The number of carbonyl (C=O) groups excluding carboxylic acids is 1. The molecule has 0 unspecified atom stereocenters. The van der Waals surface area contributed by atoms with Crippen LogP contribution in [0.1, 0.15) is 16.7 Å². The Labute approximate surface area is 148 Å². The summed E-state index contributed by atoms with van der Waals surface area (Å²) in [7, 11) is 3.24. The number of ether oxygens (including phenoxy) is 2. The van der Waals surface area contributed by atoms with Crippen molar-refractivity contribution in [3.63, 3.8) is 0 Å². The number of rotatable bonds is 5. The summed E-state index contributed by atoms with van der Waals surface area (Å²) in [5.74, 6) is 1.42. The molecule has 0 aromatic heterocycles. The zero-order chi connectivity index (χ0) is 17.6. The fourth-order valence-corrected chi connectivity index (χ4v) is 3.13. The van der Waals surface area contributed by atoms with Gasteiger partial charge in [0.05, 0.1) is 14.2 Å². The molecular formula is C20H24N2O3. The van der Waals surface area contributed by atoms with Crippen LogP contribution in [-0.2, 0) is 19.4 Å². The molecule has 2 aromatic rings. The van der Waals surface area contributed by atoms with Gasteiger partial charge in [0.25, 0.3) is 0 Å². The lowest BCUT2D eigenvalue weighted by molar-refractivity contribution is 0.192. The Morgan fingerprint density at radius 3 is 2.60 bits per heavy atom. The minimum atomic E-state index is -0.00465. The Bertz CT molecular complexity index is 745. The third-order valence-corrected chi connectivity index (χ3v) is 4.56. The molecule has 5 heteroatoms. The minimum absolute atomic E-state index is 0.00465. The van der Waals surface area contributed by atoms with E-state index in [1.165, 1.54) is 11.1 Å². The monoisotopic (exact) mass is 340 g/mol. The summed E-state index contributed by atoms with van der Waals surface area (Å²) in [6, 6.07) is 14.1. The molecule has 0 radical (unpaired) electrons.